The first-order valence-electron chi connectivity index (χ1n) is 23.6. The van der Waals surface area contributed by atoms with Crippen molar-refractivity contribution in [2.24, 2.45) is 22.7 Å². The Bertz CT molecular complexity index is 2500. The molecule has 6 fully saturated rings. The summed E-state index contributed by atoms with van der Waals surface area (Å²) in [4.78, 5) is 74.4. The Balaban J connectivity index is 0.804. The van der Waals surface area contributed by atoms with Gasteiger partial charge in [-0.1, -0.05) is 51.7 Å². The lowest BCUT2D eigenvalue weighted by molar-refractivity contribution is -0.136. The largest absolute Gasteiger partial charge is 0.446 e. The minimum absolute atomic E-state index is 0.0541. The van der Waals surface area contributed by atoms with E-state index in [1.807, 2.05) is 86.2 Å². The van der Waals surface area contributed by atoms with Crippen LogP contribution in [0, 0.1) is 34.5 Å². The average Bonchev–Trinajstić information content (AvgIpc) is 3.86. The fourth-order valence-electron chi connectivity index (χ4n) is 9.92. The van der Waals surface area contributed by atoms with E-state index in [1.165, 1.54) is 0 Å². The number of fused-ring (bicyclic) bond motifs is 1. The van der Waals surface area contributed by atoms with Crippen LogP contribution in [0.5, 0.6) is 0 Å². The second kappa shape index (κ2) is 16.6. The van der Waals surface area contributed by atoms with Crippen molar-refractivity contribution >= 4 is 35.0 Å². The van der Waals surface area contributed by atoms with Crippen LogP contribution in [0.2, 0.25) is 0 Å². The molecule has 14 heteroatoms. The van der Waals surface area contributed by atoms with Gasteiger partial charge in [0.05, 0.1) is 35.0 Å². The fourth-order valence-corrected chi connectivity index (χ4v) is 9.92. The van der Waals surface area contributed by atoms with Crippen LogP contribution in [0.25, 0.3) is 22.3 Å². The van der Waals surface area contributed by atoms with Crippen LogP contribution in [-0.4, -0.2) is 91.1 Å². The fraction of sp³-hybridized carbons (Fsp3) is 0.560. The van der Waals surface area contributed by atoms with Gasteiger partial charge in [-0.2, -0.15) is 0 Å². The highest BCUT2D eigenvalue weighted by atomic mass is 16.6. The molecule has 4 unspecified atom stereocenters. The molecule has 4 amide bonds. The van der Waals surface area contributed by atoms with Crippen LogP contribution in [-0.2, 0) is 19.1 Å². The van der Waals surface area contributed by atoms with Gasteiger partial charge in [-0.05, 0) is 136 Å². The summed E-state index contributed by atoms with van der Waals surface area (Å²) in [5.41, 5.74) is 5.42. The number of hydrogen-bond donors (Lipinski definition) is 4. The zero-order valence-electron chi connectivity index (χ0n) is 37.4. The Hall–Kier alpha value is -5.84. The molecule has 0 bridgehead atoms. The van der Waals surface area contributed by atoms with Crippen molar-refractivity contribution in [3.05, 3.63) is 71.4 Å². The van der Waals surface area contributed by atoms with E-state index in [2.05, 4.69) is 32.4 Å². The van der Waals surface area contributed by atoms with E-state index in [4.69, 9.17) is 19.4 Å². The Morgan fingerprint density at radius 3 is 1.72 bits per heavy atom. The first kappa shape index (κ1) is 42.1. The molecule has 4 atom stereocenters. The maximum atomic E-state index is 14.2. The first-order valence-corrected chi connectivity index (χ1v) is 23.6. The van der Waals surface area contributed by atoms with E-state index in [0.717, 1.165) is 122 Å². The SMILES string of the molecule is CC(C)C(NC(=O)OC1CCC1)C(=O)N1CC2(CC2)CC1c1ncc(-c2ccc(C#Cc3ccc4nc(C5CC6(CC6)CN5C(=O)C(NC(=O)OC5CCC5)C(C)C)[nH]c4c3)cc2)[nH]1. The number of ether oxygens (including phenoxy) is 2. The zero-order chi connectivity index (χ0) is 44.3. The van der Waals surface area contributed by atoms with Gasteiger partial charge in [0.25, 0.3) is 0 Å². The third-order valence-electron chi connectivity index (χ3n) is 14.8. The van der Waals surface area contributed by atoms with Crippen LogP contribution in [0.15, 0.2) is 48.7 Å². The number of rotatable bonds is 11. The molecule has 6 aliphatic rings. The van der Waals surface area contributed by atoms with E-state index in [0.29, 0.717) is 13.1 Å². The lowest BCUT2D eigenvalue weighted by Gasteiger charge is -2.31. The minimum Gasteiger partial charge on any atom is -0.446 e. The van der Waals surface area contributed by atoms with E-state index < -0.39 is 24.3 Å². The lowest BCUT2D eigenvalue weighted by Crippen LogP contribution is -2.52. The number of alkyl carbamates (subject to hydrolysis) is 2. The molecule has 0 radical (unpaired) electrons. The van der Waals surface area contributed by atoms with Crippen LogP contribution in [0.1, 0.15) is 140 Å². The number of aromatic amines is 2. The van der Waals surface area contributed by atoms with Crippen molar-refractivity contribution in [2.75, 3.05) is 13.1 Å². The predicted molar refractivity (Wildman–Crippen MR) is 239 cm³/mol. The van der Waals surface area contributed by atoms with Gasteiger partial charge in [0.15, 0.2) is 0 Å². The second-order valence-corrected chi connectivity index (χ2v) is 20.4. The van der Waals surface area contributed by atoms with E-state index >= 15 is 0 Å². The van der Waals surface area contributed by atoms with Gasteiger partial charge in [-0.25, -0.2) is 19.6 Å². The minimum atomic E-state index is -0.682. The molecule has 4 saturated carbocycles. The zero-order valence-corrected chi connectivity index (χ0v) is 37.4. The summed E-state index contributed by atoms with van der Waals surface area (Å²) in [6.45, 7) is 9.14. The number of aromatic nitrogens is 4. The van der Waals surface area contributed by atoms with Crippen molar-refractivity contribution in [2.45, 2.75) is 141 Å². The third-order valence-corrected chi connectivity index (χ3v) is 14.8. The summed E-state index contributed by atoms with van der Waals surface area (Å²) in [6.07, 6.45) is 12.3. The number of benzene rings is 2. The molecule has 2 aromatic carbocycles. The summed E-state index contributed by atoms with van der Waals surface area (Å²) in [7, 11) is 0. The van der Waals surface area contributed by atoms with Crippen LogP contribution < -0.4 is 10.6 Å². The highest BCUT2D eigenvalue weighted by molar-refractivity contribution is 5.88. The molecular weight excluding hydrogens is 809 g/mol. The van der Waals surface area contributed by atoms with Crippen molar-refractivity contribution in [1.82, 2.24) is 40.4 Å². The van der Waals surface area contributed by atoms with Gasteiger partial charge in [0.1, 0.15) is 35.9 Å². The molecule has 2 saturated heterocycles. The van der Waals surface area contributed by atoms with Gasteiger partial charge in [0, 0.05) is 24.2 Å². The van der Waals surface area contributed by atoms with E-state index in [9.17, 15) is 19.2 Å². The monoisotopic (exact) mass is 868 g/mol. The standard InChI is InChI=1S/C50H60N8O6/c1-29(2)41(55-47(61)63-34-7-5-8-34)45(59)57-27-49(19-20-49)24-39(57)43-51-26-38(54-43)33-16-13-31(14-17-33)11-12-32-15-18-36-37(23-32)53-44(52-36)40-25-50(21-22-50)28-58(40)46(60)42(30(3)4)56-48(62)64-35-9-6-10-35/h13-18,23,26,29-30,34-35,39-42H,5-10,19-22,24-25,27-28H2,1-4H3,(H,51,54)(H,52,53)(H,55,61)(H,56,62). The highest BCUT2D eigenvalue weighted by Gasteiger charge is 2.56. The van der Waals surface area contributed by atoms with Crippen LogP contribution >= 0.6 is 0 Å². The maximum Gasteiger partial charge on any atom is 0.408 e. The molecule has 14 nitrogen and oxygen atoms in total. The molecule has 2 aliphatic heterocycles. The molecule has 2 aromatic heterocycles. The number of imidazole rings is 2. The topological polar surface area (TPSA) is 175 Å². The van der Waals surface area contributed by atoms with E-state index in [-0.39, 0.29) is 58.8 Å². The number of carbonyl (C=O) groups excluding carboxylic acids is 4. The first-order chi connectivity index (χ1) is 30.8. The normalized spacial score (nSPS) is 22.8. The number of likely N-dealkylation sites (tertiary alicyclic amines) is 2. The Kier molecular flexibility index (Phi) is 10.9. The van der Waals surface area contributed by atoms with Crippen molar-refractivity contribution in [1.29, 1.82) is 0 Å². The summed E-state index contributed by atoms with van der Waals surface area (Å²) in [5, 5.41) is 5.78. The molecule has 4 heterocycles. The molecule has 4 N–H and O–H groups in total. The third kappa shape index (κ3) is 8.58. The van der Waals surface area contributed by atoms with Crippen molar-refractivity contribution in [3.8, 4) is 23.1 Å². The highest BCUT2D eigenvalue weighted by Crippen LogP contribution is 2.59. The maximum absolute atomic E-state index is 14.2. The number of nitrogens with one attached hydrogen (secondary N) is 4. The summed E-state index contributed by atoms with van der Waals surface area (Å²) in [5.74, 6) is 7.75. The molecule has 64 heavy (non-hydrogen) atoms. The van der Waals surface area contributed by atoms with Crippen molar-refractivity contribution in [3.63, 3.8) is 0 Å². The summed E-state index contributed by atoms with van der Waals surface area (Å²) < 4.78 is 11.1. The Morgan fingerprint density at radius 1 is 0.703 bits per heavy atom. The number of nitrogens with zero attached hydrogens (tertiary/aromatic N) is 4. The lowest BCUT2D eigenvalue weighted by atomic mass is 9.96. The number of amides is 4. The van der Waals surface area contributed by atoms with E-state index in [1.54, 1.807) is 0 Å². The van der Waals surface area contributed by atoms with Gasteiger partial charge in [-0.15, -0.1) is 0 Å². The Labute approximate surface area is 374 Å². The van der Waals surface area contributed by atoms with Gasteiger partial charge >= 0.3 is 12.2 Å². The molecule has 10 rings (SSSR count). The van der Waals surface area contributed by atoms with Gasteiger partial charge in [-0.3, -0.25) is 9.59 Å². The number of carbonyl (C=O) groups is 4. The average molecular weight is 869 g/mol. The van der Waals surface area contributed by atoms with Gasteiger partial charge in [0.2, 0.25) is 11.8 Å². The van der Waals surface area contributed by atoms with Crippen LogP contribution in [0.4, 0.5) is 9.59 Å². The second-order valence-electron chi connectivity index (χ2n) is 20.4. The number of hydrogen-bond acceptors (Lipinski definition) is 8. The smallest absolute Gasteiger partial charge is 0.408 e. The molecular formula is C50H60N8O6. The Morgan fingerprint density at radius 2 is 1.22 bits per heavy atom. The van der Waals surface area contributed by atoms with Gasteiger partial charge < -0.3 is 39.9 Å². The molecule has 2 spiro atoms. The molecule has 4 aliphatic carbocycles. The molecule has 336 valence electrons. The molecule has 4 aromatic rings. The summed E-state index contributed by atoms with van der Waals surface area (Å²) >= 11 is 0. The van der Waals surface area contributed by atoms with Crippen LogP contribution in [0.3, 0.4) is 0 Å². The predicted octanol–water partition coefficient (Wildman–Crippen LogP) is 8.07. The van der Waals surface area contributed by atoms with Crippen molar-refractivity contribution < 1.29 is 28.7 Å². The summed E-state index contributed by atoms with van der Waals surface area (Å²) in [6, 6.07) is 12.2. The number of H-pyrrole nitrogens is 2. The quantitative estimate of drug-likeness (QED) is 0.110.